The molecular weight excluding hydrogens is 447 g/mol. The standard InChI is InChI=1S/C23H21FN4O4S/c1-28-21-20(22(31)27-23(28)33-12-13-2-6-15(24)7-3-13)17(10-19(30)26-21)14-4-8-16(9-5-14)32-11-18(25)29/h2-9,17H,10-12H2,1H3,(H2,25,29)(H,26,30). The van der Waals surface area contributed by atoms with Crippen molar-refractivity contribution in [3.05, 3.63) is 81.4 Å². The predicted octanol–water partition coefficient (Wildman–Crippen LogP) is 2.55. The molecule has 0 fully saturated rings. The zero-order chi connectivity index (χ0) is 23.5. The van der Waals surface area contributed by atoms with Crippen LogP contribution in [0.2, 0.25) is 0 Å². The largest absolute Gasteiger partial charge is 0.484 e. The van der Waals surface area contributed by atoms with Gasteiger partial charge in [0, 0.05) is 25.1 Å². The number of aromatic nitrogens is 2. The molecule has 3 N–H and O–H groups in total. The Labute approximate surface area is 193 Å². The predicted molar refractivity (Wildman–Crippen MR) is 122 cm³/mol. The van der Waals surface area contributed by atoms with Crippen LogP contribution >= 0.6 is 11.8 Å². The van der Waals surface area contributed by atoms with Crippen LogP contribution in [0.3, 0.4) is 0 Å². The van der Waals surface area contributed by atoms with Gasteiger partial charge < -0.3 is 20.4 Å². The van der Waals surface area contributed by atoms with Crippen LogP contribution in [-0.2, 0) is 22.4 Å². The SMILES string of the molecule is Cn1c(SCc2ccc(F)cc2)nc(=O)c2c1NC(=O)CC2c1ccc(OCC(N)=O)cc1. The van der Waals surface area contributed by atoms with E-state index in [4.69, 9.17) is 10.5 Å². The zero-order valence-corrected chi connectivity index (χ0v) is 18.5. The van der Waals surface area contributed by atoms with E-state index in [1.807, 2.05) is 0 Å². The van der Waals surface area contributed by atoms with Crippen molar-refractivity contribution in [3.63, 3.8) is 0 Å². The molecule has 0 spiro atoms. The van der Waals surface area contributed by atoms with Gasteiger partial charge in [-0.15, -0.1) is 0 Å². The molecule has 0 radical (unpaired) electrons. The number of nitrogens with two attached hydrogens (primary N) is 1. The number of thioether (sulfide) groups is 1. The van der Waals surface area contributed by atoms with Gasteiger partial charge in [0.15, 0.2) is 11.8 Å². The monoisotopic (exact) mass is 468 g/mol. The molecule has 10 heteroatoms. The number of rotatable bonds is 7. The number of hydrogen-bond acceptors (Lipinski definition) is 6. The van der Waals surface area contributed by atoms with Crippen LogP contribution in [0, 0.1) is 5.82 Å². The average molecular weight is 469 g/mol. The van der Waals surface area contributed by atoms with Gasteiger partial charge in [0.2, 0.25) is 5.91 Å². The highest BCUT2D eigenvalue weighted by Crippen LogP contribution is 2.36. The number of primary amides is 1. The maximum absolute atomic E-state index is 13.1. The molecule has 4 rings (SSSR count). The van der Waals surface area contributed by atoms with Gasteiger partial charge in [0.1, 0.15) is 17.4 Å². The number of fused-ring (bicyclic) bond motifs is 1. The summed E-state index contributed by atoms with van der Waals surface area (Å²) in [7, 11) is 1.74. The van der Waals surface area contributed by atoms with Crippen molar-refractivity contribution in [2.45, 2.75) is 23.2 Å². The van der Waals surface area contributed by atoms with Gasteiger partial charge in [-0.3, -0.25) is 14.4 Å². The van der Waals surface area contributed by atoms with E-state index in [0.717, 1.165) is 11.1 Å². The van der Waals surface area contributed by atoms with Crippen molar-refractivity contribution in [1.82, 2.24) is 9.55 Å². The second kappa shape index (κ2) is 9.45. The van der Waals surface area contributed by atoms with Crippen molar-refractivity contribution in [1.29, 1.82) is 0 Å². The number of nitrogens with zero attached hydrogens (tertiary/aromatic N) is 2. The molecule has 33 heavy (non-hydrogen) atoms. The molecule has 2 amide bonds. The lowest BCUT2D eigenvalue weighted by Crippen LogP contribution is -2.33. The smallest absolute Gasteiger partial charge is 0.279 e. The molecule has 2 heterocycles. The van der Waals surface area contributed by atoms with E-state index in [0.29, 0.717) is 28.0 Å². The molecule has 1 aliphatic rings. The molecule has 1 atom stereocenters. The number of anilines is 1. The average Bonchev–Trinajstić information content (AvgIpc) is 2.80. The summed E-state index contributed by atoms with van der Waals surface area (Å²) >= 11 is 1.32. The Kier molecular flexibility index (Phi) is 6.45. The zero-order valence-electron chi connectivity index (χ0n) is 17.7. The van der Waals surface area contributed by atoms with Gasteiger partial charge in [-0.25, -0.2) is 4.39 Å². The number of halogens is 1. The number of nitrogens with one attached hydrogen (secondary N) is 1. The van der Waals surface area contributed by atoms with E-state index >= 15 is 0 Å². The lowest BCUT2D eigenvalue weighted by Gasteiger charge is -2.27. The number of ether oxygens (including phenoxy) is 1. The molecule has 1 aromatic heterocycles. The van der Waals surface area contributed by atoms with Gasteiger partial charge in [0.05, 0.1) is 5.56 Å². The molecule has 1 unspecified atom stereocenters. The molecule has 0 saturated heterocycles. The molecule has 2 aromatic carbocycles. The maximum atomic E-state index is 13.1. The quantitative estimate of drug-likeness (QED) is 0.407. The van der Waals surface area contributed by atoms with Crippen molar-refractivity contribution in [2.24, 2.45) is 12.8 Å². The molecule has 8 nitrogen and oxygen atoms in total. The molecule has 0 bridgehead atoms. The highest BCUT2D eigenvalue weighted by atomic mass is 32.2. The van der Waals surface area contributed by atoms with Gasteiger partial charge in [0.25, 0.3) is 11.5 Å². The third-order valence-corrected chi connectivity index (χ3v) is 6.35. The van der Waals surface area contributed by atoms with Crippen molar-refractivity contribution >= 4 is 29.4 Å². The van der Waals surface area contributed by atoms with Crippen LogP contribution in [0.5, 0.6) is 5.75 Å². The maximum Gasteiger partial charge on any atom is 0.279 e. The molecule has 0 saturated carbocycles. The fourth-order valence-corrected chi connectivity index (χ4v) is 4.55. The van der Waals surface area contributed by atoms with Crippen molar-refractivity contribution in [3.8, 4) is 5.75 Å². The van der Waals surface area contributed by atoms with Gasteiger partial charge in [-0.2, -0.15) is 4.98 Å². The van der Waals surface area contributed by atoms with Gasteiger partial charge >= 0.3 is 0 Å². The fourth-order valence-electron chi connectivity index (χ4n) is 3.63. The van der Waals surface area contributed by atoms with Crippen molar-refractivity contribution in [2.75, 3.05) is 11.9 Å². The van der Waals surface area contributed by atoms with Crippen molar-refractivity contribution < 1.29 is 18.7 Å². The summed E-state index contributed by atoms with van der Waals surface area (Å²) in [5, 5.41) is 3.25. The number of benzene rings is 2. The summed E-state index contributed by atoms with van der Waals surface area (Å²) in [4.78, 5) is 40.6. The van der Waals surface area contributed by atoms with Gasteiger partial charge in [-0.05, 0) is 35.4 Å². The lowest BCUT2D eigenvalue weighted by atomic mass is 9.87. The number of amides is 2. The third kappa shape index (κ3) is 5.06. The van der Waals surface area contributed by atoms with Crippen LogP contribution in [0.25, 0.3) is 0 Å². The van der Waals surface area contributed by atoms with E-state index < -0.39 is 17.4 Å². The minimum Gasteiger partial charge on any atom is -0.484 e. The molecule has 170 valence electrons. The number of carbonyl (C=O) groups is 2. The summed E-state index contributed by atoms with van der Waals surface area (Å²) < 4.78 is 20.1. The van der Waals surface area contributed by atoms with E-state index in [1.54, 1.807) is 48.0 Å². The van der Waals surface area contributed by atoms with Crippen LogP contribution in [0.1, 0.15) is 29.0 Å². The van der Waals surface area contributed by atoms with E-state index in [1.165, 1.54) is 23.9 Å². The Morgan fingerprint density at radius 2 is 1.91 bits per heavy atom. The minimum atomic E-state index is -0.584. The Balaban J connectivity index is 1.62. The molecular formula is C23H21FN4O4S. The topological polar surface area (TPSA) is 116 Å². The minimum absolute atomic E-state index is 0.105. The Hall–Kier alpha value is -3.66. The first kappa shape index (κ1) is 22.5. The summed E-state index contributed by atoms with van der Waals surface area (Å²) in [6.45, 7) is -0.239. The van der Waals surface area contributed by atoms with Crippen LogP contribution in [0.15, 0.2) is 58.5 Å². The Morgan fingerprint density at radius 3 is 2.58 bits per heavy atom. The first-order valence-corrected chi connectivity index (χ1v) is 11.1. The molecule has 3 aromatic rings. The lowest BCUT2D eigenvalue weighted by molar-refractivity contribution is -0.120. The van der Waals surface area contributed by atoms with Crippen LogP contribution < -0.4 is 21.3 Å². The first-order valence-electron chi connectivity index (χ1n) is 10.1. The highest BCUT2D eigenvalue weighted by molar-refractivity contribution is 7.98. The molecule has 0 aliphatic carbocycles. The highest BCUT2D eigenvalue weighted by Gasteiger charge is 2.32. The number of hydrogen-bond donors (Lipinski definition) is 2. The summed E-state index contributed by atoms with van der Waals surface area (Å²) in [6, 6.07) is 12.9. The Bertz CT molecular complexity index is 1260. The normalized spacial score (nSPS) is 15.0. The fraction of sp³-hybridized carbons (Fsp3) is 0.217. The molecule has 1 aliphatic heterocycles. The van der Waals surface area contributed by atoms with E-state index in [2.05, 4.69) is 10.3 Å². The summed E-state index contributed by atoms with van der Waals surface area (Å²) in [5.74, 6) is -0.227. The van der Waals surface area contributed by atoms with Crippen LogP contribution in [-0.4, -0.2) is 28.0 Å². The van der Waals surface area contributed by atoms with Gasteiger partial charge in [-0.1, -0.05) is 36.0 Å². The van der Waals surface area contributed by atoms with E-state index in [9.17, 15) is 18.8 Å². The second-order valence-corrected chi connectivity index (χ2v) is 8.51. The van der Waals surface area contributed by atoms with E-state index in [-0.39, 0.29) is 24.8 Å². The first-order chi connectivity index (χ1) is 15.8. The van der Waals surface area contributed by atoms with Crippen LogP contribution in [0.4, 0.5) is 10.2 Å². The summed E-state index contributed by atoms with van der Waals surface area (Å²) in [6.07, 6.45) is 0.105. The second-order valence-electron chi connectivity index (χ2n) is 7.56. The Morgan fingerprint density at radius 1 is 1.21 bits per heavy atom. The third-order valence-electron chi connectivity index (χ3n) is 5.25. The number of carbonyl (C=O) groups excluding carboxylic acids is 2. The summed E-state index contributed by atoms with van der Waals surface area (Å²) in [5.41, 5.74) is 6.72.